The summed E-state index contributed by atoms with van der Waals surface area (Å²) in [6.45, 7) is 4.78. The molecule has 0 saturated heterocycles. The first-order valence-electron chi connectivity index (χ1n) is 8.18. The van der Waals surface area contributed by atoms with Gasteiger partial charge in [-0.25, -0.2) is 4.98 Å². The van der Waals surface area contributed by atoms with Crippen LogP contribution in [0.5, 0.6) is 0 Å². The van der Waals surface area contributed by atoms with Gasteiger partial charge >= 0.3 is 0 Å². The Kier molecular flexibility index (Phi) is 9.52. The third-order valence-corrected chi connectivity index (χ3v) is 3.69. The first-order chi connectivity index (χ1) is 11.1. The fraction of sp³-hybridized carbons (Fsp3) is 0.800. The first-order valence-corrected chi connectivity index (χ1v) is 8.18. The van der Waals surface area contributed by atoms with E-state index in [1.165, 1.54) is 19.2 Å². The number of aryl methyl sites for hydroxylation is 1. The van der Waals surface area contributed by atoms with Gasteiger partial charge in [0, 0.05) is 27.2 Å². The highest BCUT2D eigenvalue weighted by Crippen LogP contribution is 2.28. The minimum Gasteiger partial charge on any atom is -0.389 e. The van der Waals surface area contributed by atoms with Crippen LogP contribution in [0.2, 0.25) is 0 Å². The summed E-state index contributed by atoms with van der Waals surface area (Å²) in [4.78, 5) is 10.7. The zero-order valence-corrected chi connectivity index (χ0v) is 17.0. The second kappa shape index (κ2) is 10.8. The minimum atomic E-state index is -0.578. The minimum absolute atomic E-state index is 0. The van der Waals surface area contributed by atoms with Crippen molar-refractivity contribution in [1.82, 2.24) is 25.0 Å². The Morgan fingerprint density at radius 2 is 2.33 bits per heavy atom. The van der Waals surface area contributed by atoms with Gasteiger partial charge in [0.15, 0.2) is 5.96 Å². The van der Waals surface area contributed by atoms with Crippen LogP contribution in [0.25, 0.3) is 0 Å². The molecule has 1 aromatic heterocycles. The van der Waals surface area contributed by atoms with Crippen molar-refractivity contribution in [2.75, 3.05) is 33.4 Å². The zero-order valence-electron chi connectivity index (χ0n) is 14.7. The number of nitrogens with one attached hydrogen (secondary N) is 1. The largest absolute Gasteiger partial charge is 0.389 e. The molecule has 138 valence electrons. The van der Waals surface area contributed by atoms with E-state index in [0.717, 1.165) is 24.9 Å². The van der Waals surface area contributed by atoms with Crippen LogP contribution in [-0.4, -0.2) is 70.2 Å². The molecule has 24 heavy (non-hydrogen) atoms. The number of aliphatic hydroxyl groups excluding tert-OH is 1. The van der Waals surface area contributed by atoms with Gasteiger partial charge in [0.1, 0.15) is 12.2 Å². The predicted molar refractivity (Wildman–Crippen MR) is 103 cm³/mol. The summed E-state index contributed by atoms with van der Waals surface area (Å²) in [6, 6.07) is 0. The molecule has 1 unspecified atom stereocenters. The monoisotopic (exact) mass is 452 g/mol. The van der Waals surface area contributed by atoms with Gasteiger partial charge in [-0.1, -0.05) is 0 Å². The third kappa shape index (κ3) is 7.31. The molecule has 1 aliphatic carbocycles. The van der Waals surface area contributed by atoms with Crippen LogP contribution < -0.4 is 5.32 Å². The molecule has 0 aromatic carbocycles. The van der Waals surface area contributed by atoms with Gasteiger partial charge in [0.2, 0.25) is 0 Å². The molecule has 1 fully saturated rings. The quantitative estimate of drug-likeness (QED) is 0.325. The third-order valence-electron chi connectivity index (χ3n) is 3.69. The van der Waals surface area contributed by atoms with Gasteiger partial charge in [-0.2, -0.15) is 5.10 Å². The van der Waals surface area contributed by atoms with E-state index < -0.39 is 6.10 Å². The van der Waals surface area contributed by atoms with E-state index in [1.54, 1.807) is 4.68 Å². The van der Waals surface area contributed by atoms with Crippen LogP contribution >= 0.6 is 24.0 Å². The second-order valence-corrected chi connectivity index (χ2v) is 5.99. The maximum atomic E-state index is 9.98. The molecule has 0 radical (unpaired) electrons. The number of halogens is 1. The summed E-state index contributed by atoms with van der Waals surface area (Å²) in [7, 11) is 3.80. The molecule has 0 bridgehead atoms. The summed E-state index contributed by atoms with van der Waals surface area (Å²) in [5.41, 5.74) is 0. The Morgan fingerprint density at radius 1 is 1.58 bits per heavy atom. The van der Waals surface area contributed by atoms with Gasteiger partial charge in [-0.15, -0.1) is 24.0 Å². The summed E-state index contributed by atoms with van der Waals surface area (Å²) in [5, 5.41) is 17.3. The van der Waals surface area contributed by atoms with Crippen molar-refractivity contribution in [3.63, 3.8) is 0 Å². The van der Waals surface area contributed by atoms with Crippen LogP contribution in [0.3, 0.4) is 0 Å². The first kappa shape index (κ1) is 21.1. The van der Waals surface area contributed by atoms with Gasteiger partial charge < -0.3 is 20.1 Å². The molecule has 1 heterocycles. The van der Waals surface area contributed by atoms with Gasteiger partial charge in [0.05, 0.1) is 25.8 Å². The highest BCUT2D eigenvalue weighted by atomic mass is 127. The lowest BCUT2D eigenvalue weighted by Gasteiger charge is -2.22. The number of aliphatic hydroxyl groups is 1. The van der Waals surface area contributed by atoms with Gasteiger partial charge in [0.25, 0.3) is 0 Å². The topological polar surface area (TPSA) is 87.8 Å². The number of guanidine groups is 1. The Balaban J connectivity index is 0.00000288. The molecule has 0 amide bonds. The molecule has 2 N–H and O–H groups in total. The van der Waals surface area contributed by atoms with Crippen LogP contribution in [0, 0.1) is 5.92 Å². The number of hydrogen-bond acceptors (Lipinski definition) is 5. The highest BCUT2D eigenvalue weighted by molar-refractivity contribution is 14.0. The van der Waals surface area contributed by atoms with Crippen molar-refractivity contribution in [1.29, 1.82) is 0 Å². The normalized spacial score (nSPS) is 15.8. The lowest BCUT2D eigenvalue weighted by atomic mass is 10.4. The van der Waals surface area contributed by atoms with Crippen molar-refractivity contribution in [3.8, 4) is 0 Å². The van der Waals surface area contributed by atoms with E-state index >= 15 is 0 Å². The predicted octanol–water partition coefficient (Wildman–Crippen LogP) is 0.618. The molecule has 1 aromatic rings. The Hall–Kier alpha value is -0.940. The van der Waals surface area contributed by atoms with Crippen molar-refractivity contribution in [2.24, 2.45) is 18.0 Å². The highest BCUT2D eigenvalue weighted by Gasteiger charge is 2.21. The molecular weight excluding hydrogens is 423 g/mol. The van der Waals surface area contributed by atoms with Crippen LogP contribution in [-0.2, 0) is 18.3 Å². The fourth-order valence-corrected chi connectivity index (χ4v) is 2.12. The average molecular weight is 452 g/mol. The van der Waals surface area contributed by atoms with E-state index in [9.17, 15) is 5.11 Å². The number of hydrogen-bond donors (Lipinski definition) is 2. The molecule has 1 aliphatic rings. The molecule has 1 saturated carbocycles. The summed E-state index contributed by atoms with van der Waals surface area (Å²) < 4.78 is 7.23. The van der Waals surface area contributed by atoms with E-state index in [1.807, 2.05) is 25.9 Å². The molecular formula is C15H29IN6O2. The Morgan fingerprint density at radius 3 is 2.92 bits per heavy atom. The number of aliphatic imine (C=N–C) groups is 1. The molecule has 8 nitrogen and oxygen atoms in total. The van der Waals surface area contributed by atoms with Crippen molar-refractivity contribution >= 4 is 29.9 Å². The number of nitrogens with zero attached hydrogens (tertiary/aromatic N) is 5. The fourth-order valence-electron chi connectivity index (χ4n) is 2.12. The van der Waals surface area contributed by atoms with Crippen molar-refractivity contribution in [3.05, 3.63) is 12.2 Å². The molecule has 0 aliphatic heterocycles. The van der Waals surface area contributed by atoms with E-state index in [-0.39, 0.29) is 24.0 Å². The van der Waals surface area contributed by atoms with Crippen molar-refractivity contribution < 1.29 is 9.84 Å². The van der Waals surface area contributed by atoms with E-state index in [4.69, 9.17) is 4.74 Å². The molecule has 2 rings (SSSR count). The SMILES string of the molecule is CCNC(=NCC(O)COCC1CC1)N(C)Cc1ncnn1C.I. The molecule has 9 heteroatoms. The second-order valence-electron chi connectivity index (χ2n) is 5.99. The summed E-state index contributed by atoms with van der Waals surface area (Å²) >= 11 is 0. The number of rotatable bonds is 9. The van der Waals surface area contributed by atoms with Crippen LogP contribution in [0.15, 0.2) is 11.3 Å². The molecule has 0 spiro atoms. The molecule has 1 atom stereocenters. The number of aromatic nitrogens is 3. The average Bonchev–Trinajstić information content (AvgIpc) is 3.26. The van der Waals surface area contributed by atoms with Gasteiger partial charge in [-0.3, -0.25) is 9.67 Å². The summed E-state index contributed by atoms with van der Waals surface area (Å²) in [5.74, 6) is 2.30. The van der Waals surface area contributed by atoms with Crippen molar-refractivity contribution in [2.45, 2.75) is 32.4 Å². The lowest BCUT2D eigenvalue weighted by molar-refractivity contribution is 0.0367. The number of ether oxygens (including phenoxy) is 1. The summed E-state index contributed by atoms with van der Waals surface area (Å²) in [6.07, 6.45) is 3.47. The van der Waals surface area contributed by atoms with E-state index in [0.29, 0.717) is 25.6 Å². The Labute approximate surface area is 160 Å². The van der Waals surface area contributed by atoms with Gasteiger partial charge in [-0.05, 0) is 25.7 Å². The standard InChI is InChI=1S/C15H28N6O2.HI/c1-4-16-15(20(2)8-14-18-11-19-21(14)3)17-7-13(22)10-23-9-12-5-6-12;/h11-13,22H,4-10H2,1-3H3,(H,16,17);1H. The maximum absolute atomic E-state index is 9.98. The van der Waals surface area contributed by atoms with E-state index in [2.05, 4.69) is 20.4 Å². The smallest absolute Gasteiger partial charge is 0.194 e. The Bertz CT molecular complexity index is 506. The zero-order chi connectivity index (χ0) is 16.7. The lowest BCUT2D eigenvalue weighted by Crippen LogP contribution is -2.39. The van der Waals surface area contributed by atoms with Crippen LogP contribution in [0.1, 0.15) is 25.6 Å². The van der Waals surface area contributed by atoms with Crippen LogP contribution in [0.4, 0.5) is 0 Å². The maximum Gasteiger partial charge on any atom is 0.194 e.